The average Bonchev–Trinajstić information content (AvgIpc) is 2.83. The van der Waals surface area contributed by atoms with E-state index in [1.807, 2.05) is 0 Å². The van der Waals surface area contributed by atoms with E-state index in [2.05, 4.69) is 5.32 Å². The van der Waals surface area contributed by atoms with Crippen LogP contribution in [0, 0.1) is 0 Å². The molecule has 6 nitrogen and oxygen atoms in total. The first-order valence-electron chi connectivity index (χ1n) is 6.16. The number of likely N-dealkylation sites (tertiary alicyclic amines) is 1. The maximum atomic E-state index is 11.8. The van der Waals surface area contributed by atoms with Gasteiger partial charge < -0.3 is 21.1 Å². The second-order valence-corrected chi connectivity index (χ2v) is 4.59. The van der Waals surface area contributed by atoms with E-state index < -0.39 is 6.10 Å². The fourth-order valence-corrected chi connectivity index (χ4v) is 1.97. The summed E-state index contributed by atoms with van der Waals surface area (Å²) in [6, 6.07) is 6.48. The highest BCUT2D eigenvalue weighted by molar-refractivity contribution is 5.96. The highest BCUT2D eigenvalue weighted by atomic mass is 16.3. The third-order valence-electron chi connectivity index (χ3n) is 3.09. The summed E-state index contributed by atoms with van der Waals surface area (Å²) in [5, 5.41) is 11.9. The van der Waals surface area contributed by atoms with Crippen LogP contribution >= 0.6 is 0 Å². The van der Waals surface area contributed by atoms with Crippen molar-refractivity contribution in [3.63, 3.8) is 0 Å². The van der Waals surface area contributed by atoms with Crippen LogP contribution in [0.1, 0.15) is 16.8 Å². The smallest absolute Gasteiger partial charge is 0.251 e. The zero-order chi connectivity index (χ0) is 13.8. The third-order valence-corrected chi connectivity index (χ3v) is 3.09. The number of rotatable bonds is 3. The lowest BCUT2D eigenvalue weighted by molar-refractivity contribution is -0.129. The third kappa shape index (κ3) is 3.45. The Hall–Kier alpha value is -2.08. The van der Waals surface area contributed by atoms with Crippen LogP contribution in [0.3, 0.4) is 0 Å². The Balaban J connectivity index is 1.83. The van der Waals surface area contributed by atoms with Crippen LogP contribution in [0.5, 0.6) is 0 Å². The lowest BCUT2D eigenvalue weighted by Gasteiger charge is -2.15. The number of nitrogens with one attached hydrogen (secondary N) is 1. The van der Waals surface area contributed by atoms with Crippen molar-refractivity contribution in [2.24, 2.45) is 0 Å². The van der Waals surface area contributed by atoms with E-state index in [-0.39, 0.29) is 18.4 Å². The van der Waals surface area contributed by atoms with Crippen LogP contribution < -0.4 is 11.1 Å². The minimum atomic E-state index is -0.447. The van der Waals surface area contributed by atoms with Crippen molar-refractivity contribution >= 4 is 17.5 Å². The zero-order valence-electron chi connectivity index (χ0n) is 10.5. The molecule has 1 atom stereocenters. The van der Waals surface area contributed by atoms with Gasteiger partial charge in [-0.1, -0.05) is 0 Å². The molecule has 2 rings (SSSR count). The van der Waals surface area contributed by atoms with E-state index in [1.54, 1.807) is 29.2 Å². The van der Waals surface area contributed by atoms with Gasteiger partial charge in [0.05, 0.1) is 12.6 Å². The molecular weight excluding hydrogens is 246 g/mol. The predicted molar refractivity (Wildman–Crippen MR) is 70.4 cm³/mol. The van der Waals surface area contributed by atoms with E-state index in [4.69, 9.17) is 5.73 Å². The molecule has 0 radical (unpaired) electrons. The molecule has 1 aliphatic heterocycles. The van der Waals surface area contributed by atoms with Gasteiger partial charge >= 0.3 is 0 Å². The SMILES string of the molecule is Nc1ccc(C(=O)NCC(=O)N2CC[C@@H](O)C2)cc1. The number of β-amino-alcohol motifs (C(OH)–C–C–N with tert-alkyl or cyclic N) is 1. The molecule has 1 saturated heterocycles. The van der Waals surface area contributed by atoms with Gasteiger partial charge in [0.15, 0.2) is 0 Å². The number of nitrogens with two attached hydrogens (primary N) is 1. The van der Waals surface area contributed by atoms with Gasteiger partial charge in [-0.3, -0.25) is 9.59 Å². The molecule has 0 bridgehead atoms. The van der Waals surface area contributed by atoms with Crippen molar-refractivity contribution in [2.45, 2.75) is 12.5 Å². The number of anilines is 1. The molecular formula is C13H17N3O3. The van der Waals surface area contributed by atoms with Crippen LogP contribution in [0.2, 0.25) is 0 Å². The Bertz CT molecular complexity index is 473. The number of aliphatic hydroxyl groups excluding tert-OH is 1. The summed E-state index contributed by atoms with van der Waals surface area (Å²) in [7, 11) is 0. The van der Waals surface area contributed by atoms with Crippen molar-refractivity contribution < 1.29 is 14.7 Å². The number of nitrogens with zero attached hydrogens (tertiary/aromatic N) is 1. The monoisotopic (exact) mass is 263 g/mol. The van der Waals surface area contributed by atoms with Crippen molar-refractivity contribution in [1.29, 1.82) is 0 Å². The Labute approximate surface area is 111 Å². The van der Waals surface area contributed by atoms with Crippen LogP contribution in [-0.4, -0.2) is 47.6 Å². The Morgan fingerprint density at radius 1 is 1.37 bits per heavy atom. The maximum absolute atomic E-state index is 11.8. The molecule has 4 N–H and O–H groups in total. The molecule has 0 aromatic heterocycles. The van der Waals surface area contributed by atoms with Gasteiger partial charge in [-0.2, -0.15) is 0 Å². The van der Waals surface area contributed by atoms with E-state index in [0.29, 0.717) is 30.8 Å². The predicted octanol–water partition coefficient (Wildman–Crippen LogP) is -0.408. The van der Waals surface area contributed by atoms with Crippen LogP contribution in [0.15, 0.2) is 24.3 Å². The van der Waals surface area contributed by atoms with Crippen molar-refractivity contribution in [2.75, 3.05) is 25.4 Å². The van der Waals surface area contributed by atoms with E-state index in [0.717, 1.165) is 0 Å². The van der Waals surface area contributed by atoms with Gasteiger partial charge in [-0.05, 0) is 30.7 Å². The standard InChI is InChI=1S/C13H17N3O3/c14-10-3-1-9(2-4-10)13(19)15-7-12(18)16-6-5-11(17)8-16/h1-4,11,17H,5-8,14H2,(H,15,19)/t11-/m1/s1. The second kappa shape index (κ2) is 5.71. The summed E-state index contributed by atoms with van der Waals surface area (Å²) < 4.78 is 0. The number of hydrogen-bond acceptors (Lipinski definition) is 4. The Morgan fingerprint density at radius 2 is 2.05 bits per heavy atom. The van der Waals surface area contributed by atoms with Gasteiger partial charge in [0.2, 0.25) is 5.91 Å². The highest BCUT2D eigenvalue weighted by Gasteiger charge is 2.24. The molecule has 2 amide bonds. The van der Waals surface area contributed by atoms with E-state index in [9.17, 15) is 14.7 Å². The molecule has 0 spiro atoms. The topological polar surface area (TPSA) is 95.7 Å². The number of amides is 2. The average molecular weight is 263 g/mol. The maximum Gasteiger partial charge on any atom is 0.251 e. The Kier molecular flexibility index (Phi) is 4.01. The van der Waals surface area contributed by atoms with E-state index in [1.165, 1.54) is 0 Å². The van der Waals surface area contributed by atoms with Crippen LogP contribution in [0.25, 0.3) is 0 Å². The summed E-state index contributed by atoms with van der Waals surface area (Å²) >= 11 is 0. The zero-order valence-corrected chi connectivity index (χ0v) is 10.5. The minimum absolute atomic E-state index is 0.0596. The number of aliphatic hydroxyl groups is 1. The summed E-state index contributed by atoms with van der Waals surface area (Å²) in [6.45, 7) is 0.824. The number of benzene rings is 1. The number of hydrogen-bond donors (Lipinski definition) is 3. The molecule has 102 valence electrons. The minimum Gasteiger partial charge on any atom is -0.399 e. The molecule has 1 fully saturated rings. The molecule has 6 heteroatoms. The number of nitrogen functional groups attached to an aromatic ring is 1. The summed E-state index contributed by atoms with van der Waals surface area (Å²) in [4.78, 5) is 25.1. The van der Waals surface area contributed by atoms with Crippen molar-refractivity contribution in [3.8, 4) is 0 Å². The van der Waals surface area contributed by atoms with Gasteiger partial charge in [0.1, 0.15) is 0 Å². The molecule has 1 aromatic rings. The fourth-order valence-electron chi connectivity index (χ4n) is 1.97. The van der Waals surface area contributed by atoms with Gasteiger partial charge in [0.25, 0.3) is 5.91 Å². The molecule has 0 unspecified atom stereocenters. The van der Waals surface area contributed by atoms with E-state index >= 15 is 0 Å². The lowest BCUT2D eigenvalue weighted by Crippen LogP contribution is -2.39. The van der Waals surface area contributed by atoms with Gasteiger partial charge in [0, 0.05) is 24.3 Å². The quantitative estimate of drug-likeness (QED) is 0.646. The van der Waals surface area contributed by atoms with Crippen molar-refractivity contribution in [3.05, 3.63) is 29.8 Å². The first-order chi connectivity index (χ1) is 9.06. The summed E-state index contributed by atoms with van der Waals surface area (Å²) in [5.41, 5.74) is 6.57. The molecule has 1 heterocycles. The number of carbonyl (C=O) groups is 2. The van der Waals surface area contributed by atoms with Crippen LogP contribution in [-0.2, 0) is 4.79 Å². The number of carbonyl (C=O) groups excluding carboxylic acids is 2. The first kappa shape index (κ1) is 13.4. The largest absolute Gasteiger partial charge is 0.399 e. The normalized spacial score (nSPS) is 18.4. The van der Waals surface area contributed by atoms with Gasteiger partial charge in [-0.25, -0.2) is 0 Å². The second-order valence-electron chi connectivity index (χ2n) is 4.59. The molecule has 0 aliphatic carbocycles. The summed E-state index contributed by atoms with van der Waals surface area (Å²) in [5.74, 6) is -0.492. The highest BCUT2D eigenvalue weighted by Crippen LogP contribution is 2.08. The van der Waals surface area contributed by atoms with Gasteiger partial charge in [-0.15, -0.1) is 0 Å². The molecule has 1 aromatic carbocycles. The molecule has 1 aliphatic rings. The fraction of sp³-hybridized carbons (Fsp3) is 0.385. The summed E-state index contributed by atoms with van der Waals surface area (Å²) in [6.07, 6.45) is 0.147. The Morgan fingerprint density at radius 3 is 2.63 bits per heavy atom. The molecule has 0 saturated carbocycles. The van der Waals surface area contributed by atoms with Crippen LogP contribution in [0.4, 0.5) is 5.69 Å². The van der Waals surface area contributed by atoms with Crippen molar-refractivity contribution in [1.82, 2.24) is 10.2 Å². The lowest BCUT2D eigenvalue weighted by atomic mass is 10.2. The first-order valence-corrected chi connectivity index (χ1v) is 6.16. The molecule has 19 heavy (non-hydrogen) atoms.